The van der Waals surface area contributed by atoms with E-state index in [-0.39, 0.29) is 11.9 Å². The molecule has 0 aliphatic rings. The summed E-state index contributed by atoms with van der Waals surface area (Å²) in [6.45, 7) is 1.90. The van der Waals surface area contributed by atoms with Gasteiger partial charge in [0, 0.05) is 10.7 Å². The first kappa shape index (κ1) is 13.9. The molecule has 0 amide bonds. The summed E-state index contributed by atoms with van der Waals surface area (Å²) >= 11 is 5.73. The third-order valence-electron chi connectivity index (χ3n) is 2.91. The minimum Gasteiger partial charge on any atom is -0.271 e. The Bertz CT molecular complexity index is 574. The third-order valence-corrected chi connectivity index (χ3v) is 3.14. The van der Waals surface area contributed by atoms with Gasteiger partial charge >= 0.3 is 0 Å². The molecule has 0 aliphatic heterocycles. The number of hydrazine groups is 1. The second-order valence-electron chi connectivity index (χ2n) is 4.36. The van der Waals surface area contributed by atoms with E-state index in [9.17, 15) is 4.39 Å². The van der Waals surface area contributed by atoms with Gasteiger partial charge in [-0.05, 0) is 43.2 Å². The molecular weight excluding hydrogens is 265 g/mol. The molecule has 1 aromatic carbocycles. The molecule has 2 rings (SSSR count). The van der Waals surface area contributed by atoms with Gasteiger partial charge in [0.25, 0.3) is 0 Å². The molecule has 5 heteroatoms. The second kappa shape index (κ2) is 6.10. The van der Waals surface area contributed by atoms with Crippen LogP contribution in [-0.4, -0.2) is 4.98 Å². The van der Waals surface area contributed by atoms with Crippen molar-refractivity contribution in [3.63, 3.8) is 0 Å². The lowest BCUT2D eigenvalue weighted by molar-refractivity contribution is 0.518. The van der Waals surface area contributed by atoms with Crippen molar-refractivity contribution in [2.45, 2.75) is 19.4 Å². The predicted octanol–water partition coefficient (Wildman–Crippen LogP) is 2.93. The van der Waals surface area contributed by atoms with Gasteiger partial charge in [0.2, 0.25) is 0 Å². The lowest BCUT2D eigenvalue weighted by Crippen LogP contribution is -2.30. The summed E-state index contributed by atoms with van der Waals surface area (Å²) in [5, 5.41) is 0.382. The van der Waals surface area contributed by atoms with Crippen molar-refractivity contribution in [2.75, 3.05) is 0 Å². The van der Waals surface area contributed by atoms with E-state index < -0.39 is 0 Å². The number of rotatable bonds is 4. The SMILES string of the molecule is Cc1cccc(C(Cc2ccc(Cl)cc2F)NN)n1. The van der Waals surface area contributed by atoms with Gasteiger partial charge in [-0.3, -0.25) is 16.3 Å². The molecule has 3 nitrogen and oxygen atoms in total. The van der Waals surface area contributed by atoms with Crippen molar-refractivity contribution in [1.29, 1.82) is 0 Å². The number of aromatic nitrogens is 1. The minimum atomic E-state index is -0.333. The van der Waals surface area contributed by atoms with E-state index in [2.05, 4.69) is 10.4 Å². The molecule has 100 valence electrons. The van der Waals surface area contributed by atoms with Crippen molar-refractivity contribution >= 4 is 11.6 Å². The first-order valence-electron chi connectivity index (χ1n) is 5.94. The van der Waals surface area contributed by atoms with Crippen LogP contribution in [0.4, 0.5) is 4.39 Å². The quantitative estimate of drug-likeness (QED) is 0.668. The van der Waals surface area contributed by atoms with Crippen molar-refractivity contribution < 1.29 is 4.39 Å². The number of hydrogen-bond acceptors (Lipinski definition) is 3. The highest BCUT2D eigenvalue weighted by Crippen LogP contribution is 2.21. The fraction of sp³-hybridized carbons (Fsp3) is 0.214. The van der Waals surface area contributed by atoms with Crippen LogP contribution in [0.1, 0.15) is 23.0 Å². The Morgan fingerprint density at radius 2 is 2.16 bits per heavy atom. The van der Waals surface area contributed by atoms with Crippen LogP contribution in [0.25, 0.3) is 0 Å². The third kappa shape index (κ3) is 3.50. The fourth-order valence-electron chi connectivity index (χ4n) is 1.91. The summed E-state index contributed by atoms with van der Waals surface area (Å²) in [4.78, 5) is 4.40. The first-order chi connectivity index (χ1) is 9.10. The van der Waals surface area contributed by atoms with E-state index in [1.807, 2.05) is 25.1 Å². The Labute approximate surface area is 116 Å². The normalized spacial score (nSPS) is 12.4. The summed E-state index contributed by atoms with van der Waals surface area (Å²) < 4.78 is 13.8. The highest BCUT2D eigenvalue weighted by Gasteiger charge is 2.14. The lowest BCUT2D eigenvalue weighted by atomic mass is 10.0. The molecule has 0 saturated heterocycles. The van der Waals surface area contributed by atoms with Crippen LogP contribution in [0, 0.1) is 12.7 Å². The Kier molecular flexibility index (Phi) is 4.47. The van der Waals surface area contributed by atoms with Crippen LogP contribution in [0.5, 0.6) is 0 Å². The first-order valence-corrected chi connectivity index (χ1v) is 6.31. The van der Waals surface area contributed by atoms with Gasteiger partial charge in [0.05, 0.1) is 11.7 Å². The van der Waals surface area contributed by atoms with E-state index in [1.165, 1.54) is 6.07 Å². The molecule has 1 heterocycles. The average molecular weight is 280 g/mol. The molecule has 3 N–H and O–H groups in total. The molecule has 2 aromatic rings. The molecule has 1 unspecified atom stereocenters. The Morgan fingerprint density at radius 1 is 1.37 bits per heavy atom. The number of nitrogens with zero attached hydrogens (tertiary/aromatic N) is 1. The van der Waals surface area contributed by atoms with Crippen molar-refractivity contribution in [3.05, 3.63) is 64.2 Å². The Balaban J connectivity index is 2.24. The second-order valence-corrected chi connectivity index (χ2v) is 4.80. The van der Waals surface area contributed by atoms with E-state index in [1.54, 1.807) is 12.1 Å². The van der Waals surface area contributed by atoms with Crippen LogP contribution in [0.2, 0.25) is 5.02 Å². The average Bonchev–Trinajstić information content (AvgIpc) is 2.38. The van der Waals surface area contributed by atoms with Gasteiger partial charge in [-0.15, -0.1) is 0 Å². The standard InChI is InChI=1S/C14H15ClFN3/c1-9-3-2-4-13(18-9)14(19-17)7-10-5-6-11(15)8-12(10)16/h2-6,8,14,19H,7,17H2,1H3. The summed E-state index contributed by atoms with van der Waals surface area (Å²) in [6, 6.07) is 10.1. The Hall–Kier alpha value is -1.49. The number of pyridine rings is 1. The van der Waals surface area contributed by atoms with Crippen LogP contribution < -0.4 is 11.3 Å². The maximum Gasteiger partial charge on any atom is 0.127 e. The van der Waals surface area contributed by atoms with E-state index in [0.29, 0.717) is 17.0 Å². The molecule has 19 heavy (non-hydrogen) atoms. The molecule has 0 bridgehead atoms. The van der Waals surface area contributed by atoms with E-state index >= 15 is 0 Å². The monoisotopic (exact) mass is 279 g/mol. The maximum absolute atomic E-state index is 13.8. The molecular formula is C14H15ClFN3. The predicted molar refractivity (Wildman–Crippen MR) is 74.2 cm³/mol. The zero-order valence-electron chi connectivity index (χ0n) is 10.5. The number of aryl methyl sites for hydroxylation is 1. The number of nitrogens with two attached hydrogens (primary N) is 1. The number of hydrogen-bond donors (Lipinski definition) is 2. The van der Waals surface area contributed by atoms with Crippen molar-refractivity contribution in [3.8, 4) is 0 Å². The molecule has 1 atom stereocenters. The number of halogens is 2. The van der Waals surface area contributed by atoms with Gasteiger partial charge in [0.15, 0.2) is 0 Å². The van der Waals surface area contributed by atoms with Gasteiger partial charge in [-0.25, -0.2) is 4.39 Å². The number of nitrogens with one attached hydrogen (secondary N) is 1. The van der Waals surface area contributed by atoms with Gasteiger partial charge in [0.1, 0.15) is 5.82 Å². The zero-order valence-corrected chi connectivity index (χ0v) is 11.3. The highest BCUT2D eigenvalue weighted by molar-refractivity contribution is 6.30. The summed E-state index contributed by atoms with van der Waals surface area (Å²) in [5.41, 5.74) is 4.91. The zero-order chi connectivity index (χ0) is 13.8. The maximum atomic E-state index is 13.8. The summed E-state index contributed by atoms with van der Waals surface area (Å²) in [6.07, 6.45) is 0.413. The lowest BCUT2D eigenvalue weighted by Gasteiger charge is -2.16. The molecule has 0 spiro atoms. The minimum absolute atomic E-state index is 0.240. The van der Waals surface area contributed by atoms with Gasteiger partial charge in [-0.2, -0.15) is 0 Å². The topological polar surface area (TPSA) is 50.9 Å². The van der Waals surface area contributed by atoms with Crippen molar-refractivity contribution in [2.24, 2.45) is 5.84 Å². The smallest absolute Gasteiger partial charge is 0.127 e. The highest BCUT2D eigenvalue weighted by atomic mass is 35.5. The summed E-state index contributed by atoms with van der Waals surface area (Å²) in [7, 11) is 0. The van der Waals surface area contributed by atoms with Crippen molar-refractivity contribution in [1.82, 2.24) is 10.4 Å². The van der Waals surface area contributed by atoms with Gasteiger partial charge in [-0.1, -0.05) is 23.7 Å². The molecule has 0 saturated carbocycles. The van der Waals surface area contributed by atoms with E-state index in [4.69, 9.17) is 17.4 Å². The molecule has 0 fully saturated rings. The fourth-order valence-corrected chi connectivity index (χ4v) is 2.07. The number of benzene rings is 1. The Morgan fingerprint density at radius 3 is 2.79 bits per heavy atom. The van der Waals surface area contributed by atoms with Crippen LogP contribution in [-0.2, 0) is 6.42 Å². The molecule has 0 aliphatic carbocycles. The molecule has 1 aromatic heterocycles. The van der Waals surface area contributed by atoms with Crippen LogP contribution in [0.15, 0.2) is 36.4 Å². The van der Waals surface area contributed by atoms with E-state index in [0.717, 1.165) is 11.4 Å². The van der Waals surface area contributed by atoms with Crippen LogP contribution >= 0.6 is 11.6 Å². The van der Waals surface area contributed by atoms with Gasteiger partial charge < -0.3 is 0 Å². The molecule has 0 radical (unpaired) electrons. The van der Waals surface area contributed by atoms with Crippen LogP contribution in [0.3, 0.4) is 0 Å². The summed E-state index contributed by atoms with van der Waals surface area (Å²) in [5.74, 6) is 5.21. The largest absolute Gasteiger partial charge is 0.271 e.